The first kappa shape index (κ1) is 11.4. The molecule has 84 valence electrons. The molecule has 1 aliphatic heterocycles. The number of nitrogens with zero attached hydrogens (tertiary/aromatic N) is 1. The number of aliphatic imine (C=N–C) groups is 1. The Morgan fingerprint density at radius 3 is 2.94 bits per heavy atom. The molecule has 0 amide bonds. The van der Waals surface area contributed by atoms with E-state index in [9.17, 15) is 9.18 Å². The average molecular weight is 260 g/mol. The van der Waals surface area contributed by atoms with Crippen molar-refractivity contribution in [3.05, 3.63) is 34.6 Å². The van der Waals surface area contributed by atoms with E-state index in [-0.39, 0.29) is 5.02 Å². The molecule has 0 saturated heterocycles. The van der Waals surface area contributed by atoms with Gasteiger partial charge in [0.15, 0.2) is 6.04 Å². The maximum absolute atomic E-state index is 12.8. The fraction of sp³-hybridized carbons (Fsp3) is 0.200. The van der Waals surface area contributed by atoms with Crippen molar-refractivity contribution in [1.29, 1.82) is 0 Å². The Bertz CT molecular complexity index is 478. The molecule has 1 atom stereocenters. The van der Waals surface area contributed by atoms with Crippen molar-refractivity contribution < 1.29 is 14.3 Å². The summed E-state index contributed by atoms with van der Waals surface area (Å²) in [5.74, 6) is -0.994. The number of aliphatic carboxylic acids is 1. The monoisotopic (exact) mass is 259 g/mol. The Balaban J connectivity index is 2.32. The van der Waals surface area contributed by atoms with Crippen LogP contribution in [0.1, 0.15) is 5.56 Å². The second-order valence-electron chi connectivity index (χ2n) is 3.22. The summed E-state index contributed by atoms with van der Waals surface area (Å²) in [4.78, 5) is 14.7. The SMILES string of the molecule is O=C(O)C1CSC(c2ccc(F)cc2Cl)=N1. The lowest BCUT2D eigenvalue weighted by atomic mass is 10.2. The number of hydrogen-bond donors (Lipinski definition) is 1. The van der Waals surface area contributed by atoms with E-state index in [1.807, 2.05) is 0 Å². The smallest absolute Gasteiger partial charge is 0.329 e. The van der Waals surface area contributed by atoms with Gasteiger partial charge in [0.25, 0.3) is 0 Å². The lowest BCUT2D eigenvalue weighted by Crippen LogP contribution is -2.17. The third kappa shape index (κ3) is 2.20. The Hall–Kier alpha value is -1.07. The lowest BCUT2D eigenvalue weighted by Gasteiger charge is -2.02. The summed E-state index contributed by atoms with van der Waals surface area (Å²) in [5.41, 5.74) is 0.580. The molecular weight excluding hydrogens is 253 g/mol. The first-order chi connectivity index (χ1) is 7.58. The highest BCUT2D eigenvalue weighted by atomic mass is 35.5. The van der Waals surface area contributed by atoms with Gasteiger partial charge in [0.1, 0.15) is 10.9 Å². The van der Waals surface area contributed by atoms with Gasteiger partial charge in [-0.2, -0.15) is 0 Å². The lowest BCUT2D eigenvalue weighted by molar-refractivity contribution is -0.137. The number of carboxylic acid groups (broad SMARTS) is 1. The average Bonchev–Trinajstić information content (AvgIpc) is 2.66. The maximum Gasteiger partial charge on any atom is 0.329 e. The van der Waals surface area contributed by atoms with E-state index in [0.717, 1.165) is 0 Å². The van der Waals surface area contributed by atoms with Crippen LogP contribution < -0.4 is 0 Å². The van der Waals surface area contributed by atoms with E-state index in [4.69, 9.17) is 16.7 Å². The fourth-order valence-corrected chi connectivity index (χ4v) is 2.69. The van der Waals surface area contributed by atoms with Crippen LogP contribution in [0.2, 0.25) is 5.02 Å². The van der Waals surface area contributed by atoms with Crippen LogP contribution in [0, 0.1) is 5.82 Å². The largest absolute Gasteiger partial charge is 0.480 e. The van der Waals surface area contributed by atoms with Crippen LogP contribution in [0.3, 0.4) is 0 Å². The van der Waals surface area contributed by atoms with Crippen molar-refractivity contribution in [1.82, 2.24) is 0 Å². The van der Waals surface area contributed by atoms with Crippen LogP contribution in [0.4, 0.5) is 4.39 Å². The molecule has 3 nitrogen and oxygen atoms in total. The van der Waals surface area contributed by atoms with Gasteiger partial charge in [-0.15, -0.1) is 11.8 Å². The van der Waals surface area contributed by atoms with Gasteiger partial charge in [0.05, 0.1) is 5.02 Å². The fourth-order valence-electron chi connectivity index (χ4n) is 1.31. The van der Waals surface area contributed by atoms with E-state index in [1.165, 1.54) is 30.0 Å². The van der Waals surface area contributed by atoms with Crippen molar-refractivity contribution in [3.8, 4) is 0 Å². The molecule has 0 aliphatic carbocycles. The Labute approximate surface area is 100 Å². The summed E-state index contributed by atoms with van der Waals surface area (Å²) in [6, 6.07) is 3.24. The van der Waals surface area contributed by atoms with Crippen LogP contribution in [0.15, 0.2) is 23.2 Å². The highest BCUT2D eigenvalue weighted by Gasteiger charge is 2.26. The van der Waals surface area contributed by atoms with Gasteiger partial charge in [-0.05, 0) is 18.2 Å². The zero-order valence-electron chi connectivity index (χ0n) is 7.98. The molecule has 2 rings (SSSR count). The minimum absolute atomic E-state index is 0.247. The first-order valence-corrected chi connectivity index (χ1v) is 5.83. The predicted octanol–water partition coefficient (Wildman–Crippen LogP) is 2.43. The molecule has 16 heavy (non-hydrogen) atoms. The number of carboxylic acids is 1. The summed E-state index contributed by atoms with van der Waals surface area (Å²) in [7, 11) is 0. The second kappa shape index (κ2) is 4.43. The Morgan fingerprint density at radius 1 is 1.62 bits per heavy atom. The van der Waals surface area contributed by atoms with Gasteiger partial charge in [0.2, 0.25) is 0 Å². The van der Waals surface area contributed by atoms with Crippen molar-refractivity contribution >= 4 is 34.4 Å². The zero-order chi connectivity index (χ0) is 11.7. The third-order valence-electron chi connectivity index (χ3n) is 2.10. The first-order valence-electron chi connectivity index (χ1n) is 4.47. The molecule has 6 heteroatoms. The van der Waals surface area contributed by atoms with Crippen LogP contribution in [0.5, 0.6) is 0 Å². The van der Waals surface area contributed by atoms with Gasteiger partial charge in [-0.3, -0.25) is 4.99 Å². The van der Waals surface area contributed by atoms with Gasteiger partial charge >= 0.3 is 5.97 Å². The van der Waals surface area contributed by atoms with Gasteiger partial charge in [-0.1, -0.05) is 11.6 Å². The summed E-state index contributed by atoms with van der Waals surface area (Å²) in [6.45, 7) is 0. The molecule has 1 N–H and O–H groups in total. The molecule has 1 aliphatic rings. The number of benzene rings is 1. The molecule has 0 spiro atoms. The van der Waals surface area contributed by atoms with E-state index in [2.05, 4.69) is 4.99 Å². The van der Waals surface area contributed by atoms with Crippen LogP contribution in [0.25, 0.3) is 0 Å². The molecule has 0 aromatic heterocycles. The molecule has 1 aromatic rings. The third-order valence-corrected chi connectivity index (χ3v) is 3.49. The Kier molecular flexibility index (Phi) is 3.16. The molecule has 1 heterocycles. The molecule has 1 unspecified atom stereocenters. The second-order valence-corrected chi connectivity index (χ2v) is 4.64. The molecule has 0 fully saturated rings. The topological polar surface area (TPSA) is 49.7 Å². The molecular formula is C10H7ClFNO2S. The number of hydrogen-bond acceptors (Lipinski definition) is 3. The minimum Gasteiger partial charge on any atom is -0.480 e. The number of thioether (sulfide) groups is 1. The number of rotatable bonds is 2. The van der Waals surface area contributed by atoms with Crippen molar-refractivity contribution in [3.63, 3.8) is 0 Å². The van der Waals surface area contributed by atoms with Crippen LogP contribution in [-0.2, 0) is 4.79 Å². The van der Waals surface area contributed by atoms with Gasteiger partial charge in [-0.25, -0.2) is 9.18 Å². The number of halogens is 2. The summed E-state index contributed by atoms with van der Waals surface area (Å²) in [5, 5.41) is 9.58. The van der Waals surface area contributed by atoms with E-state index in [1.54, 1.807) is 0 Å². The van der Waals surface area contributed by atoms with Gasteiger partial charge in [0, 0.05) is 11.3 Å². The van der Waals surface area contributed by atoms with E-state index in [0.29, 0.717) is 16.4 Å². The quantitative estimate of drug-likeness (QED) is 0.887. The maximum atomic E-state index is 12.8. The van der Waals surface area contributed by atoms with Crippen molar-refractivity contribution in [2.45, 2.75) is 6.04 Å². The van der Waals surface area contributed by atoms with Crippen molar-refractivity contribution in [2.24, 2.45) is 4.99 Å². The zero-order valence-corrected chi connectivity index (χ0v) is 9.56. The molecule has 0 radical (unpaired) electrons. The molecule has 1 aromatic carbocycles. The summed E-state index contributed by atoms with van der Waals surface area (Å²) < 4.78 is 12.8. The highest BCUT2D eigenvalue weighted by molar-refractivity contribution is 8.14. The van der Waals surface area contributed by atoms with Crippen LogP contribution in [-0.4, -0.2) is 27.9 Å². The normalized spacial score (nSPS) is 19.6. The summed E-state index contributed by atoms with van der Waals surface area (Å²) in [6.07, 6.45) is 0. The van der Waals surface area contributed by atoms with Gasteiger partial charge < -0.3 is 5.11 Å². The van der Waals surface area contributed by atoms with E-state index < -0.39 is 17.8 Å². The molecule has 0 bridgehead atoms. The minimum atomic E-state index is -0.958. The molecule has 0 saturated carbocycles. The summed E-state index contributed by atoms with van der Waals surface area (Å²) >= 11 is 7.17. The van der Waals surface area contributed by atoms with E-state index >= 15 is 0 Å². The predicted molar refractivity (Wildman–Crippen MR) is 61.8 cm³/mol. The van der Waals surface area contributed by atoms with Crippen LogP contribution >= 0.6 is 23.4 Å². The highest BCUT2D eigenvalue weighted by Crippen LogP contribution is 2.28. The Morgan fingerprint density at radius 2 is 2.38 bits per heavy atom. The van der Waals surface area contributed by atoms with Crippen molar-refractivity contribution in [2.75, 3.05) is 5.75 Å². The standard InChI is InChI=1S/C10H7ClFNO2S/c11-7-3-5(12)1-2-6(7)9-13-8(4-16-9)10(14)15/h1-3,8H,4H2,(H,14,15). The number of carbonyl (C=O) groups is 1.